The lowest BCUT2D eigenvalue weighted by molar-refractivity contribution is 0.0894. The van der Waals surface area contributed by atoms with E-state index in [9.17, 15) is 9.59 Å². The van der Waals surface area contributed by atoms with Crippen molar-refractivity contribution in [2.45, 2.75) is 19.4 Å². The van der Waals surface area contributed by atoms with Gasteiger partial charge in [0.2, 0.25) is 5.88 Å². The fourth-order valence-electron chi connectivity index (χ4n) is 2.85. The van der Waals surface area contributed by atoms with Crippen molar-refractivity contribution in [1.29, 1.82) is 0 Å². The van der Waals surface area contributed by atoms with Crippen LogP contribution >= 0.6 is 0 Å². The van der Waals surface area contributed by atoms with Gasteiger partial charge in [-0.15, -0.1) is 0 Å². The molecule has 0 aliphatic heterocycles. The quantitative estimate of drug-likeness (QED) is 0.599. The summed E-state index contributed by atoms with van der Waals surface area (Å²) in [5.41, 5.74) is 1.32. The Kier molecular flexibility index (Phi) is 6.40. The zero-order chi connectivity index (χ0) is 20.8. The molecule has 3 aromatic rings. The van der Waals surface area contributed by atoms with E-state index in [1.54, 1.807) is 37.6 Å². The van der Waals surface area contributed by atoms with Gasteiger partial charge in [0.1, 0.15) is 0 Å². The molecule has 0 fully saturated rings. The maximum Gasteiger partial charge on any atom is 0.273 e. The first-order valence-electron chi connectivity index (χ1n) is 9.15. The van der Waals surface area contributed by atoms with Crippen LogP contribution in [-0.2, 0) is 4.74 Å². The van der Waals surface area contributed by atoms with Gasteiger partial charge in [-0.2, -0.15) is 0 Å². The molecule has 0 saturated heterocycles. The number of aromatic amines is 1. The SMILES string of the molecule is CCC(COC)NC(=O)c1ccc(-n2[nH]c(-c3cccnc3OC)cc2=O)nc1. The molecule has 0 radical (unpaired) electrons. The number of pyridine rings is 2. The van der Waals surface area contributed by atoms with Gasteiger partial charge in [0.05, 0.1) is 36.6 Å². The van der Waals surface area contributed by atoms with E-state index in [1.165, 1.54) is 24.1 Å². The number of hydrogen-bond acceptors (Lipinski definition) is 6. The molecule has 3 rings (SSSR count). The molecule has 0 aliphatic rings. The lowest BCUT2D eigenvalue weighted by Crippen LogP contribution is -2.37. The third-order valence-corrected chi connectivity index (χ3v) is 4.41. The number of nitrogens with zero attached hydrogens (tertiary/aromatic N) is 3. The summed E-state index contributed by atoms with van der Waals surface area (Å²) in [5.74, 6) is 0.527. The second-order valence-corrected chi connectivity index (χ2v) is 6.34. The first kappa shape index (κ1) is 20.3. The molecule has 152 valence electrons. The number of ether oxygens (including phenoxy) is 2. The number of amides is 1. The predicted octanol–water partition coefficient (Wildman–Crippen LogP) is 1.79. The summed E-state index contributed by atoms with van der Waals surface area (Å²) >= 11 is 0. The van der Waals surface area contributed by atoms with Crippen LogP contribution < -0.4 is 15.6 Å². The van der Waals surface area contributed by atoms with Gasteiger partial charge in [-0.3, -0.25) is 14.7 Å². The van der Waals surface area contributed by atoms with Crippen molar-refractivity contribution in [3.63, 3.8) is 0 Å². The summed E-state index contributed by atoms with van der Waals surface area (Å²) < 4.78 is 11.6. The van der Waals surface area contributed by atoms with Gasteiger partial charge >= 0.3 is 0 Å². The molecule has 1 unspecified atom stereocenters. The van der Waals surface area contributed by atoms with E-state index in [4.69, 9.17) is 9.47 Å². The maximum atomic E-state index is 12.4. The zero-order valence-electron chi connectivity index (χ0n) is 16.5. The molecule has 9 nitrogen and oxygen atoms in total. The van der Waals surface area contributed by atoms with Gasteiger partial charge in [-0.1, -0.05) is 6.92 Å². The maximum absolute atomic E-state index is 12.4. The Bertz CT molecular complexity index is 1030. The monoisotopic (exact) mass is 397 g/mol. The summed E-state index contributed by atoms with van der Waals surface area (Å²) in [7, 11) is 3.11. The number of rotatable bonds is 8. The Balaban J connectivity index is 1.83. The van der Waals surface area contributed by atoms with E-state index < -0.39 is 0 Å². The minimum Gasteiger partial charge on any atom is -0.481 e. The number of nitrogens with one attached hydrogen (secondary N) is 2. The van der Waals surface area contributed by atoms with Crippen molar-refractivity contribution < 1.29 is 14.3 Å². The number of aromatic nitrogens is 4. The second kappa shape index (κ2) is 9.16. The molecule has 0 saturated carbocycles. The Hall–Kier alpha value is -3.46. The minimum atomic E-state index is -0.290. The summed E-state index contributed by atoms with van der Waals surface area (Å²) in [6.45, 7) is 2.41. The summed E-state index contributed by atoms with van der Waals surface area (Å²) in [6.07, 6.45) is 3.80. The van der Waals surface area contributed by atoms with Crippen molar-refractivity contribution in [2.75, 3.05) is 20.8 Å². The molecular weight excluding hydrogens is 374 g/mol. The van der Waals surface area contributed by atoms with Crippen LogP contribution in [0.15, 0.2) is 47.5 Å². The Labute approximate surface area is 167 Å². The molecule has 2 N–H and O–H groups in total. The first-order chi connectivity index (χ1) is 14.1. The van der Waals surface area contributed by atoms with Crippen molar-refractivity contribution in [2.24, 2.45) is 0 Å². The number of carbonyl (C=O) groups is 1. The third-order valence-electron chi connectivity index (χ3n) is 4.41. The molecule has 9 heteroatoms. The topological polar surface area (TPSA) is 111 Å². The van der Waals surface area contributed by atoms with Gasteiger partial charge in [-0.05, 0) is 30.7 Å². The summed E-state index contributed by atoms with van der Waals surface area (Å²) in [6, 6.07) is 8.15. The van der Waals surface area contributed by atoms with Crippen LogP contribution in [0.3, 0.4) is 0 Å². The zero-order valence-corrected chi connectivity index (χ0v) is 16.5. The molecule has 3 heterocycles. The van der Waals surface area contributed by atoms with E-state index in [1.807, 2.05) is 6.92 Å². The molecular formula is C20H23N5O4. The molecule has 29 heavy (non-hydrogen) atoms. The number of methoxy groups -OCH3 is 2. The van der Waals surface area contributed by atoms with E-state index in [0.29, 0.717) is 35.1 Å². The molecule has 0 aliphatic carbocycles. The predicted molar refractivity (Wildman–Crippen MR) is 107 cm³/mol. The lowest BCUT2D eigenvalue weighted by Gasteiger charge is -2.15. The number of hydrogen-bond donors (Lipinski definition) is 2. The van der Waals surface area contributed by atoms with Crippen LogP contribution in [0.1, 0.15) is 23.7 Å². The first-order valence-corrected chi connectivity index (χ1v) is 9.15. The molecule has 1 amide bonds. The minimum absolute atomic E-state index is 0.0739. The van der Waals surface area contributed by atoms with E-state index >= 15 is 0 Å². The highest BCUT2D eigenvalue weighted by Crippen LogP contribution is 2.25. The van der Waals surface area contributed by atoms with Gasteiger partial charge in [-0.25, -0.2) is 14.6 Å². The van der Waals surface area contributed by atoms with E-state index in [0.717, 1.165) is 6.42 Å². The fraction of sp³-hybridized carbons (Fsp3) is 0.300. The highest BCUT2D eigenvalue weighted by Gasteiger charge is 2.15. The lowest BCUT2D eigenvalue weighted by atomic mass is 10.2. The van der Waals surface area contributed by atoms with E-state index in [-0.39, 0.29) is 17.5 Å². The van der Waals surface area contributed by atoms with Crippen molar-refractivity contribution in [3.8, 4) is 23.0 Å². The van der Waals surface area contributed by atoms with Crippen LogP contribution in [0, 0.1) is 0 Å². The normalized spacial score (nSPS) is 11.8. The van der Waals surface area contributed by atoms with Crippen LogP contribution in [0.2, 0.25) is 0 Å². The molecule has 3 aromatic heterocycles. The average Bonchev–Trinajstić information content (AvgIpc) is 3.14. The van der Waals surface area contributed by atoms with Crippen LogP contribution in [0.5, 0.6) is 5.88 Å². The van der Waals surface area contributed by atoms with Gasteiger partial charge in [0.15, 0.2) is 5.82 Å². The van der Waals surface area contributed by atoms with Crippen LogP contribution in [-0.4, -0.2) is 52.5 Å². The summed E-state index contributed by atoms with van der Waals surface area (Å²) in [5, 5.41) is 5.89. The second-order valence-electron chi connectivity index (χ2n) is 6.34. The van der Waals surface area contributed by atoms with Gasteiger partial charge in [0.25, 0.3) is 11.5 Å². The number of carbonyl (C=O) groups excluding carboxylic acids is 1. The molecule has 0 aromatic carbocycles. The smallest absolute Gasteiger partial charge is 0.273 e. The van der Waals surface area contributed by atoms with Gasteiger partial charge in [0, 0.05) is 25.6 Å². The summed E-state index contributed by atoms with van der Waals surface area (Å²) in [4.78, 5) is 33.2. The van der Waals surface area contributed by atoms with E-state index in [2.05, 4.69) is 20.4 Å². The van der Waals surface area contributed by atoms with Crippen LogP contribution in [0.4, 0.5) is 0 Å². The fourth-order valence-corrected chi connectivity index (χ4v) is 2.85. The number of H-pyrrole nitrogens is 1. The van der Waals surface area contributed by atoms with Crippen molar-refractivity contribution in [3.05, 3.63) is 58.6 Å². The molecule has 0 spiro atoms. The Morgan fingerprint density at radius 2 is 2.10 bits per heavy atom. The highest BCUT2D eigenvalue weighted by atomic mass is 16.5. The molecule has 1 atom stereocenters. The Morgan fingerprint density at radius 3 is 2.76 bits per heavy atom. The Morgan fingerprint density at radius 1 is 1.28 bits per heavy atom. The van der Waals surface area contributed by atoms with Crippen molar-refractivity contribution >= 4 is 5.91 Å². The third kappa shape index (κ3) is 4.52. The highest BCUT2D eigenvalue weighted by molar-refractivity contribution is 5.94. The average molecular weight is 397 g/mol. The largest absolute Gasteiger partial charge is 0.481 e. The molecule has 0 bridgehead atoms. The van der Waals surface area contributed by atoms with Gasteiger partial charge < -0.3 is 14.8 Å². The van der Waals surface area contributed by atoms with Crippen molar-refractivity contribution in [1.82, 2.24) is 25.1 Å². The van der Waals surface area contributed by atoms with Crippen LogP contribution in [0.25, 0.3) is 17.1 Å². The standard InChI is InChI=1S/C20H23N5O4/c1-4-14(12-28-2)23-19(27)13-7-8-17(22-11-13)25-18(26)10-16(24-25)15-6-5-9-21-20(15)29-3/h5-11,14,24H,4,12H2,1-3H3,(H,23,27).